The fraction of sp³-hybridized carbons (Fsp3) is 0.273. The predicted octanol–water partition coefficient (Wildman–Crippen LogP) is 0.554. The van der Waals surface area contributed by atoms with Crippen LogP contribution in [0.5, 0.6) is 0 Å². The van der Waals surface area contributed by atoms with Crippen molar-refractivity contribution >= 4 is 24.8 Å². The van der Waals surface area contributed by atoms with Crippen LogP contribution in [-0.2, 0) is 4.79 Å². The largest absolute Gasteiger partial charge is 0.480 e. The zero-order valence-corrected chi connectivity index (χ0v) is 11.7. The Bertz CT molecular complexity index is 577. The highest BCUT2D eigenvalue weighted by molar-refractivity contribution is 7.82. The molecule has 114 valence electrons. The molecule has 6 N–H and O–H groups in total. The minimum Gasteiger partial charge on any atom is -0.480 e. The van der Waals surface area contributed by atoms with Gasteiger partial charge in [0.15, 0.2) is 0 Å². The Morgan fingerprint density at radius 2 is 2.10 bits per heavy atom. The molecule has 0 bridgehead atoms. The maximum absolute atomic E-state index is 10.7. The van der Waals surface area contributed by atoms with Gasteiger partial charge in [0, 0.05) is 24.1 Å². The van der Waals surface area contributed by atoms with Crippen LogP contribution in [0.4, 0.5) is 5.69 Å². The molecule has 0 aliphatic heterocycles. The molecule has 0 heterocycles. The Morgan fingerprint density at radius 3 is 2.62 bits per heavy atom. The van der Waals surface area contributed by atoms with Crippen LogP contribution in [0.2, 0.25) is 0 Å². The summed E-state index contributed by atoms with van der Waals surface area (Å²) in [5.74, 6) is -1.28. The van der Waals surface area contributed by atoms with E-state index in [4.69, 9.17) is 16.2 Å². The molecule has 1 aromatic rings. The van der Waals surface area contributed by atoms with Gasteiger partial charge in [0.25, 0.3) is 5.69 Å². The fourth-order valence-electron chi connectivity index (χ4n) is 1.53. The Labute approximate surface area is 120 Å². The molecule has 10 heteroatoms. The highest BCUT2D eigenvalue weighted by Crippen LogP contribution is 2.53. The topological polar surface area (TPSA) is 171 Å². The van der Waals surface area contributed by atoms with E-state index >= 15 is 0 Å². The molecule has 21 heavy (non-hydrogen) atoms. The highest BCUT2D eigenvalue weighted by atomic mass is 31.2. The number of benzene rings is 1. The van der Waals surface area contributed by atoms with E-state index in [-0.39, 0.29) is 23.8 Å². The summed E-state index contributed by atoms with van der Waals surface area (Å²) in [6.45, 7) is 0. The van der Waals surface area contributed by atoms with Gasteiger partial charge in [-0.05, 0) is 6.07 Å². The molecule has 0 saturated heterocycles. The molecule has 9 nitrogen and oxygen atoms in total. The van der Waals surface area contributed by atoms with Crippen molar-refractivity contribution in [2.24, 2.45) is 5.73 Å². The summed E-state index contributed by atoms with van der Waals surface area (Å²) >= 11 is 0. The standard InChI is InChI=1S/C11H14N3O6P/c12-9(11(15)16)4-5-21(19,20)10(13)7-2-1-3-8(6-7)14(17)18/h1-3,6,9,13,19-20H,4-5,12H2/p+1/t9-/m0/s1. The molecule has 1 atom stereocenters. The van der Waals surface area contributed by atoms with E-state index in [2.05, 4.69) is 0 Å². The number of carbonyl (C=O) groups is 1. The third-order valence-electron chi connectivity index (χ3n) is 2.76. The van der Waals surface area contributed by atoms with E-state index in [1.54, 1.807) is 0 Å². The Balaban J connectivity index is 2.87. The molecular weight excluding hydrogens is 301 g/mol. The highest BCUT2D eigenvalue weighted by Gasteiger charge is 2.42. The number of nitro benzene ring substituents is 1. The van der Waals surface area contributed by atoms with E-state index < -0.39 is 30.1 Å². The number of nitrogens with two attached hydrogens (primary N) is 1. The first kappa shape index (κ1) is 17.1. The number of non-ortho nitro benzene ring substituents is 1. The summed E-state index contributed by atoms with van der Waals surface area (Å²) in [6, 6.07) is 3.67. The summed E-state index contributed by atoms with van der Waals surface area (Å²) in [7, 11) is -3.88. The lowest BCUT2D eigenvalue weighted by atomic mass is 10.2. The first-order chi connectivity index (χ1) is 9.65. The van der Waals surface area contributed by atoms with Gasteiger partial charge in [0.2, 0.25) is 5.45 Å². The Morgan fingerprint density at radius 1 is 1.48 bits per heavy atom. The van der Waals surface area contributed by atoms with Crippen molar-refractivity contribution < 1.29 is 24.6 Å². The van der Waals surface area contributed by atoms with Gasteiger partial charge in [-0.1, -0.05) is 6.07 Å². The van der Waals surface area contributed by atoms with Crippen LogP contribution in [0.3, 0.4) is 0 Å². The molecule has 0 amide bonds. The molecule has 0 saturated carbocycles. The number of nitrogens with zero attached hydrogens (tertiary/aromatic N) is 1. The first-order valence-corrected chi connectivity index (χ1v) is 7.69. The van der Waals surface area contributed by atoms with E-state index in [1.165, 1.54) is 18.2 Å². The molecule has 0 spiro atoms. The van der Waals surface area contributed by atoms with Crippen LogP contribution in [0.15, 0.2) is 24.3 Å². The van der Waals surface area contributed by atoms with Crippen LogP contribution >= 0.6 is 7.72 Å². The number of hydrogen-bond donors (Lipinski definition) is 5. The summed E-state index contributed by atoms with van der Waals surface area (Å²) in [5, 5.41) is 27.0. The number of nitrogens with one attached hydrogen (secondary N) is 1. The van der Waals surface area contributed by atoms with Crippen molar-refractivity contribution in [1.82, 2.24) is 0 Å². The SMILES string of the molecule is N=C(c1cccc([N+](=O)[O-])c1)[P+](O)(O)CC[C@H](N)C(=O)O. The second-order valence-electron chi connectivity index (χ2n) is 4.34. The monoisotopic (exact) mass is 316 g/mol. The van der Waals surface area contributed by atoms with Gasteiger partial charge in [-0.25, -0.2) is 9.79 Å². The number of carboxylic acids is 1. The van der Waals surface area contributed by atoms with Gasteiger partial charge in [-0.15, -0.1) is 0 Å². The Kier molecular flexibility index (Phi) is 5.45. The predicted molar refractivity (Wildman–Crippen MR) is 76.4 cm³/mol. The van der Waals surface area contributed by atoms with E-state index in [9.17, 15) is 24.7 Å². The first-order valence-electron chi connectivity index (χ1n) is 5.81. The average Bonchev–Trinajstić information content (AvgIpc) is 2.43. The summed E-state index contributed by atoms with van der Waals surface area (Å²) in [6.07, 6.45) is -0.588. The number of aliphatic carboxylic acids is 1. The molecular formula is C11H15N3O6P+. The van der Waals surface area contributed by atoms with Crippen molar-refractivity contribution in [1.29, 1.82) is 5.41 Å². The van der Waals surface area contributed by atoms with Crippen molar-refractivity contribution in [2.45, 2.75) is 12.5 Å². The Hall–Kier alpha value is -1.93. The number of nitro groups is 1. The molecule has 1 rings (SSSR count). The maximum Gasteiger partial charge on any atom is 0.320 e. The summed E-state index contributed by atoms with van der Waals surface area (Å²) < 4.78 is 0. The molecule has 0 unspecified atom stereocenters. The average molecular weight is 316 g/mol. The lowest BCUT2D eigenvalue weighted by molar-refractivity contribution is -0.384. The third-order valence-corrected chi connectivity index (χ3v) is 4.61. The molecule has 0 aliphatic rings. The summed E-state index contributed by atoms with van der Waals surface area (Å²) in [4.78, 5) is 40.4. The van der Waals surface area contributed by atoms with Crippen LogP contribution in [0, 0.1) is 15.5 Å². The molecule has 0 aliphatic carbocycles. The lowest BCUT2D eigenvalue weighted by Crippen LogP contribution is -2.31. The van der Waals surface area contributed by atoms with E-state index in [1.807, 2.05) is 0 Å². The fourth-order valence-corrected chi connectivity index (χ4v) is 2.94. The van der Waals surface area contributed by atoms with E-state index in [0.717, 1.165) is 6.07 Å². The molecule has 0 fully saturated rings. The van der Waals surface area contributed by atoms with Crippen LogP contribution in [-0.4, -0.2) is 43.4 Å². The zero-order chi connectivity index (χ0) is 16.2. The van der Waals surface area contributed by atoms with Gasteiger partial charge in [0.05, 0.1) is 4.92 Å². The van der Waals surface area contributed by atoms with Crippen molar-refractivity contribution in [3.63, 3.8) is 0 Å². The number of carboxylic acid groups (broad SMARTS) is 1. The maximum atomic E-state index is 10.7. The molecule has 0 aromatic heterocycles. The van der Waals surface area contributed by atoms with Crippen molar-refractivity contribution in [2.75, 3.05) is 6.16 Å². The smallest absolute Gasteiger partial charge is 0.320 e. The third kappa shape index (κ3) is 4.54. The van der Waals surface area contributed by atoms with Gasteiger partial charge in [-0.2, -0.15) is 0 Å². The van der Waals surface area contributed by atoms with Gasteiger partial charge in [-0.3, -0.25) is 20.3 Å². The minimum absolute atomic E-state index is 0.00595. The molecule has 1 aromatic carbocycles. The van der Waals surface area contributed by atoms with Gasteiger partial charge >= 0.3 is 13.7 Å². The van der Waals surface area contributed by atoms with Gasteiger partial charge in [0.1, 0.15) is 12.2 Å². The van der Waals surface area contributed by atoms with Crippen molar-refractivity contribution in [3.8, 4) is 0 Å². The number of rotatable bonds is 7. The minimum atomic E-state index is -3.88. The van der Waals surface area contributed by atoms with Crippen LogP contribution in [0.1, 0.15) is 12.0 Å². The normalized spacial score (nSPS) is 12.7. The second-order valence-corrected chi connectivity index (χ2v) is 6.70. The lowest BCUT2D eigenvalue weighted by Gasteiger charge is -2.14. The van der Waals surface area contributed by atoms with Crippen molar-refractivity contribution in [3.05, 3.63) is 39.9 Å². The van der Waals surface area contributed by atoms with Crippen LogP contribution < -0.4 is 5.73 Å². The zero-order valence-electron chi connectivity index (χ0n) is 10.8. The second kappa shape index (κ2) is 6.68. The molecule has 0 radical (unpaired) electrons. The van der Waals surface area contributed by atoms with Crippen LogP contribution in [0.25, 0.3) is 0 Å². The van der Waals surface area contributed by atoms with E-state index in [0.29, 0.717) is 0 Å². The van der Waals surface area contributed by atoms with Gasteiger partial charge < -0.3 is 10.8 Å². The quantitative estimate of drug-likeness (QED) is 0.211. The number of hydrogen-bond acceptors (Lipinski definition) is 7. The summed E-state index contributed by atoms with van der Waals surface area (Å²) in [5.41, 5.74) is 4.44.